The lowest BCUT2D eigenvalue weighted by Gasteiger charge is -2.32. The molecule has 1 aliphatic heterocycles. The number of piperidine rings is 1. The first-order valence-electron chi connectivity index (χ1n) is 3.96. The van der Waals surface area contributed by atoms with Crippen molar-refractivity contribution in [1.29, 1.82) is 0 Å². The number of Topliss-reactive ketones (excluding diaryl/α,β-unsaturated/α-hetero) is 1. The van der Waals surface area contributed by atoms with Gasteiger partial charge in [0.15, 0.2) is 0 Å². The van der Waals surface area contributed by atoms with Gasteiger partial charge in [-0.2, -0.15) is 0 Å². The molecule has 1 rings (SSSR count). The molecule has 11 heavy (non-hydrogen) atoms. The number of ketones is 1. The van der Waals surface area contributed by atoms with E-state index in [2.05, 4.69) is 0 Å². The lowest BCUT2D eigenvalue weighted by molar-refractivity contribution is -0.123. The van der Waals surface area contributed by atoms with Crippen molar-refractivity contribution in [2.45, 2.75) is 32.0 Å². The van der Waals surface area contributed by atoms with Crippen molar-refractivity contribution in [2.75, 3.05) is 13.6 Å². The number of hydrogen-bond donors (Lipinski definition) is 0. The molecule has 0 spiro atoms. The molecule has 0 aromatic rings. The fourth-order valence-corrected chi connectivity index (χ4v) is 1.52. The topological polar surface area (TPSA) is 20.3 Å². The van der Waals surface area contributed by atoms with Gasteiger partial charge in [-0.3, -0.25) is 9.69 Å². The highest BCUT2D eigenvalue weighted by Gasteiger charge is 2.28. The number of carbonyl (C=O) groups excluding carboxylic acids is 1. The number of rotatable bonds is 1. The molecule has 0 aromatic heterocycles. The van der Waals surface area contributed by atoms with Crippen LogP contribution < -0.4 is 0 Å². The Bertz CT molecular complexity index is 160. The standard InChI is InChI=1S/C8H14FNO/c1-6(11)8-5-7(9)3-4-10(8)2/h7-8H,3-5H2,1-2H3/t7-,8+/m1/s1. The average molecular weight is 159 g/mol. The molecule has 0 radical (unpaired) electrons. The summed E-state index contributed by atoms with van der Waals surface area (Å²) in [5.74, 6) is 0.0786. The van der Waals surface area contributed by atoms with E-state index in [1.807, 2.05) is 11.9 Å². The second-order valence-electron chi connectivity index (χ2n) is 3.23. The SMILES string of the molecule is CC(=O)[C@@H]1C[C@H](F)CCN1C. The molecule has 1 fully saturated rings. The van der Waals surface area contributed by atoms with Gasteiger partial charge < -0.3 is 0 Å². The second kappa shape index (κ2) is 3.30. The predicted octanol–water partition coefficient (Wildman–Crippen LogP) is 1.01. The number of likely N-dealkylation sites (N-methyl/N-ethyl adjacent to an activating group) is 1. The summed E-state index contributed by atoms with van der Waals surface area (Å²) in [5, 5.41) is 0. The van der Waals surface area contributed by atoms with Crippen LogP contribution >= 0.6 is 0 Å². The van der Waals surface area contributed by atoms with E-state index in [0.717, 1.165) is 0 Å². The van der Waals surface area contributed by atoms with Crippen LogP contribution in [0.2, 0.25) is 0 Å². The first-order chi connectivity index (χ1) is 5.11. The largest absolute Gasteiger partial charge is 0.298 e. The monoisotopic (exact) mass is 159 g/mol. The minimum atomic E-state index is -0.778. The van der Waals surface area contributed by atoms with Gasteiger partial charge in [-0.05, 0) is 20.4 Å². The zero-order valence-corrected chi connectivity index (χ0v) is 7.01. The summed E-state index contributed by atoms with van der Waals surface area (Å²) in [7, 11) is 1.87. The fourth-order valence-electron chi connectivity index (χ4n) is 1.52. The van der Waals surface area contributed by atoms with Crippen LogP contribution in [0.1, 0.15) is 19.8 Å². The van der Waals surface area contributed by atoms with Gasteiger partial charge in [0.25, 0.3) is 0 Å². The van der Waals surface area contributed by atoms with Gasteiger partial charge in [0.2, 0.25) is 0 Å². The van der Waals surface area contributed by atoms with Crippen molar-refractivity contribution in [3.05, 3.63) is 0 Å². The third-order valence-corrected chi connectivity index (χ3v) is 2.28. The van der Waals surface area contributed by atoms with Crippen LogP contribution in [0.25, 0.3) is 0 Å². The maximum Gasteiger partial charge on any atom is 0.146 e. The fraction of sp³-hybridized carbons (Fsp3) is 0.875. The lowest BCUT2D eigenvalue weighted by Crippen LogP contribution is -2.44. The Kier molecular flexibility index (Phi) is 2.60. The molecule has 0 aromatic carbocycles. The van der Waals surface area contributed by atoms with Crippen molar-refractivity contribution in [2.24, 2.45) is 0 Å². The van der Waals surface area contributed by atoms with Crippen LogP contribution in [0.3, 0.4) is 0 Å². The van der Waals surface area contributed by atoms with E-state index in [1.165, 1.54) is 6.92 Å². The number of nitrogens with zero attached hydrogens (tertiary/aromatic N) is 1. The molecule has 64 valence electrons. The molecule has 1 heterocycles. The van der Waals surface area contributed by atoms with Crippen LogP contribution in [-0.4, -0.2) is 36.5 Å². The minimum Gasteiger partial charge on any atom is -0.298 e. The quantitative estimate of drug-likeness (QED) is 0.569. The Balaban J connectivity index is 2.54. The number of carbonyl (C=O) groups is 1. The third kappa shape index (κ3) is 1.99. The average Bonchev–Trinajstić information content (AvgIpc) is 1.94. The Morgan fingerprint density at radius 1 is 1.64 bits per heavy atom. The highest BCUT2D eigenvalue weighted by Crippen LogP contribution is 2.18. The molecule has 2 nitrogen and oxygen atoms in total. The van der Waals surface area contributed by atoms with Gasteiger partial charge in [-0.25, -0.2) is 4.39 Å². The van der Waals surface area contributed by atoms with Crippen LogP contribution in [0.5, 0.6) is 0 Å². The maximum absolute atomic E-state index is 12.8. The number of likely N-dealkylation sites (tertiary alicyclic amines) is 1. The second-order valence-corrected chi connectivity index (χ2v) is 3.23. The van der Waals surface area contributed by atoms with Crippen LogP contribution in [0.15, 0.2) is 0 Å². The van der Waals surface area contributed by atoms with Crippen LogP contribution in [0.4, 0.5) is 4.39 Å². The van der Waals surface area contributed by atoms with Crippen molar-refractivity contribution in [3.8, 4) is 0 Å². The number of alkyl halides is 1. The van der Waals surface area contributed by atoms with E-state index in [4.69, 9.17) is 0 Å². The van der Waals surface area contributed by atoms with E-state index in [-0.39, 0.29) is 11.8 Å². The molecular formula is C8H14FNO. The molecule has 0 aliphatic carbocycles. The van der Waals surface area contributed by atoms with E-state index in [0.29, 0.717) is 19.4 Å². The van der Waals surface area contributed by atoms with E-state index < -0.39 is 6.17 Å². The van der Waals surface area contributed by atoms with Crippen molar-refractivity contribution in [1.82, 2.24) is 4.90 Å². The summed E-state index contributed by atoms with van der Waals surface area (Å²) in [6.45, 7) is 2.23. The summed E-state index contributed by atoms with van der Waals surface area (Å²) < 4.78 is 12.8. The highest BCUT2D eigenvalue weighted by atomic mass is 19.1. The molecular weight excluding hydrogens is 145 g/mol. The molecule has 2 atom stereocenters. The summed E-state index contributed by atoms with van der Waals surface area (Å²) in [6, 6.07) is -0.182. The third-order valence-electron chi connectivity index (χ3n) is 2.28. The maximum atomic E-state index is 12.8. The van der Waals surface area contributed by atoms with Gasteiger partial charge in [-0.1, -0.05) is 0 Å². The predicted molar refractivity (Wildman–Crippen MR) is 41.2 cm³/mol. The van der Waals surface area contributed by atoms with Crippen molar-refractivity contribution >= 4 is 5.78 Å². The molecule has 0 saturated carbocycles. The molecule has 0 bridgehead atoms. The minimum absolute atomic E-state index is 0.0786. The van der Waals surface area contributed by atoms with E-state index >= 15 is 0 Å². The molecule has 0 unspecified atom stereocenters. The van der Waals surface area contributed by atoms with Gasteiger partial charge in [0.1, 0.15) is 12.0 Å². The Labute approximate surface area is 66.4 Å². The summed E-state index contributed by atoms with van der Waals surface area (Å²) in [5.41, 5.74) is 0. The Morgan fingerprint density at radius 3 is 2.73 bits per heavy atom. The van der Waals surface area contributed by atoms with Gasteiger partial charge >= 0.3 is 0 Å². The number of halogens is 1. The van der Waals surface area contributed by atoms with Gasteiger partial charge in [0.05, 0.1) is 6.04 Å². The van der Waals surface area contributed by atoms with Crippen molar-refractivity contribution in [3.63, 3.8) is 0 Å². The number of hydrogen-bond acceptors (Lipinski definition) is 2. The lowest BCUT2D eigenvalue weighted by atomic mass is 9.98. The summed E-state index contributed by atoms with van der Waals surface area (Å²) in [4.78, 5) is 12.9. The normalized spacial score (nSPS) is 33.7. The molecule has 0 N–H and O–H groups in total. The first-order valence-corrected chi connectivity index (χ1v) is 3.96. The van der Waals surface area contributed by atoms with Crippen LogP contribution in [0, 0.1) is 0 Å². The summed E-state index contributed by atoms with van der Waals surface area (Å²) >= 11 is 0. The molecule has 1 aliphatic rings. The zero-order chi connectivity index (χ0) is 8.43. The smallest absolute Gasteiger partial charge is 0.146 e. The van der Waals surface area contributed by atoms with Crippen LogP contribution in [-0.2, 0) is 4.79 Å². The van der Waals surface area contributed by atoms with Gasteiger partial charge in [-0.15, -0.1) is 0 Å². The van der Waals surface area contributed by atoms with Gasteiger partial charge in [0, 0.05) is 13.0 Å². The highest BCUT2D eigenvalue weighted by molar-refractivity contribution is 5.81. The Morgan fingerprint density at radius 2 is 2.27 bits per heavy atom. The molecule has 1 saturated heterocycles. The summed E-state index contributed by atoms with van der Waals surface area (Å²) in [6.07, 6.45) is 0.173. The van der Waals surface area contributed by atoms with E-state index in [1.54, 1.807) is 0 Å². The zero-order valence-electron chi connectivity index (χ0n) is 7.01. The van der Waals surface area contributed by atoms with E-state index in [9.17, 15) is 9.18 Å². The molecule has 3 heteroatoms. The van der Waals surface area contributed by atoms with Crippen molar-refractivity contribution < 1.29 is 9.18 Å². The molecule has 0 amide bonds. The first kappa shape index (κ1) is 8.65. The Hall–Kier alpha value is -0.440.